The zero-order valence-corrected chi connectivity index (χ0v) is 14.6. The largest absolute Gasteiger partial charge is 0.352 e. The summed E-state index contributed by atoms with van der Waals surface area (Å²) in [6, 6.07) is 0.698. The van der Waals surface area contributed by atoms with Gasteiger partial charge in [-0.1, -0.05) is 13.8 Å². The van der Waals surface area contributed by atoms with E-state index in [1.54, 1.807) is 6.20 Å². The van der Waals surface area contributed by atoms with Gasteiger partial charge in [0, 0.05) is 38.1 Å². The molecule has 3 rings (SSSR count). The summed E-state index contributed by atoms with van der Waals surface area (Å²) in [5, 5.41) is 0. The van der Waals surface area contributed by atoms with Crippen molar-refractivity contribution in [3.63, 3.8) is 0 Å². The van der Waals surface area contributed by atoms with Crippen LogP contribution < -0.4 is 10.5 Å². The van der Waals surface area contributed by atoms with Crippen LogP contribution in [0.3, 0.4) is 0 Å². The van der Waals surface area contributed by atoms with Crippen molar-refractivity contribution in [1.82, 2.24) is 14.5 Å². The molecule has 1 unspecified atom stereocenters. The first-order valence-corrected chi connectivity index (χ1v) is 9.19. The molecule has 0 radical (unpaired) electrons. The maximum atomic E-state index is 12.7. The molecule has 0 aromatic carbocycles. The number of aromatic nitrogens is 2. The number of rotatable bonds is 4. The van der Waals surface area contributed by atoms with Crippen LogP contribution in [0.1, 0.15) is 46.0 Å². The predicted molar refractivity (Wildman–Crippen MR) is 94.0 cm³/mol. The Bertz CT molecular complexity index is 562. The van der Waals surface area contributed by atoms with Crippen LogP contribution in [-0.4, -0.2) is 46.7 Å². The quantitative estimate of drug-likeness (QED) is 0.854. The SMILES string of the molecule is CC(C)Cn1ccnc(N2CCCC(N3CCCC3)CC2)c1=O. The summed E-state index contributed by atoms with van der Waals surface area (Å²) in [4.78, 5) is 22.0. The summed E-state index contributed by atoms with van der Waals surface area (Å²) in [6.45, 7) is 9.47. The van der Waals surface area contributed by atoms with Crippen LogP contribution in [-0.2, 0) is 6.54 Å². The third kappa shape index (κ3) is 3.94. The molecule has 5 nitrogen and oxygen atoms in total. The van der Waals surface area contributed by atoms with E-state index in [1.807, 2.05) is 10.8 Å². The summed E-state index contributed by atoms with van der Waals surface area (Å²) in [6.07, 6.45) is 9.85. The first-order valence-electron chi connectivity index (χ1n) is 9.19. The standard InChI is InChI=1S/C18H30N4O/c1-15(2)14-22-13-8-19-17(18(22)23)21-11-5-6-16(7-12-21)20-9-3-4-10-20/h8,13,15-16H,3-7,9-12,14H2,1-2H3. The molecule has 5 heteroatoms. The van der Waals surface area contributed by atoms with Gasteiger partial charge in [0.25, 0.3) is 5.56 Å². The Labute approximate surface area is 139 Å². The van der Waals surface area contributed by atoms with Gasteiger partial charge in [0.2, 0.25) is 0 Å². The van der Waals surface area contributed by atoms with Crippen LogP contribution in [0.2, 0.25) is 0 Å². The first kappa shape index (κ1) is 16.5. The molecule has 1 aromatic heterocycles. The second-order valence-electron chi connectivity index (χ2n) is 7.42. The summed E-state index contributed by atoms with van der Waals surface area (Å²) in [5.41, 5.74) is 0.0702. The Balaban J connectivity index is 1.71. The van der Waals surface area contributed by atoms with E-state index in [2.05, 4.69) is 28.6 Å². The normalized spacial score (nSPS) is 23.4. The highest BCUT2D eigenvalue weighted by Crippen LogP contribution is 2.22. The highest BCUT2D eigenvalue weighted by Gasteiger charge is 2.26. The zero-order chi connectivity index (χ0) is 16.2. The van der Waals surface area contributed by atoms with Gasteiger partial charge in [-0.05, 0) is 51.1 Å². The number of hydrogen-bond donors (Lipinski definition) is 0. The maximum Gasteiger partial charge on any atom is 0.293 e. The molecule has 0 spiro atoms. The Morgan fingerprint density at radius 2 is 1.91 bits per heavy atom. The number of hydrogen-bond acceptors (Lipinski definition) is 4. The third-order valence-corrected chi connectivity index (χ3v) is 5.11. The monoisotopic (exact) mass is 318 g/mol. The predicted octanol–water partition coefficient (Wildman–Crippen LogP) is 2.35. The van der Waals surface area contributed by atoms with Gasteiger partial charge in [0.15, 0.2) is 5.82 Å². The summed E-state index contributed by atoms with van der Waals surface area (Å²) < 4.78 is 1.82. The van der Waals surface area contributed by atoms with Crippen LogP contribution in [0.15, 0.2) is 17.2 Å². The molecule has 0 aliphatic carbocycles. The fourth-order valence-electron chi connectivity index (χ4n) is 3.95. The molecule has 2 aliphatic rings. The fourth-order valence-corrected chi connectivity index (χ4v) is 3.95. The minimum atomic E-state index is 0.0702. The van der Waals surface area contributed by atoms with Gasteiger partial charge < -0.3 is 14.4 Å². The molecule has 0 amide bonds. The first-order chi connectivity index (χ1) is 11.1. The van der Waals surface area contributed by atoms with Gasteiger partial charge in [0.1, 0.15) is 0 Å². The van der Waals surface area contributed by atoms with Gasteiger partial charge >= 0.3 is 0 Å². The molecule has 23 heavy (non-hydrogen) atoms. The average molecular weight is 318 g/mol. The van der Waals surface area contributed by atoms with Gasteiger partial charge in [-0.25, -0.2) is 4.98 Å². The zero-order valence-electron chi connectivity index (χ0n) is 14.6. The summed E-state index contributed by atoms with van der Waals surface area (Å²) >= 11 is 0. The maximum absolute atomic E-state index is 12.7. The number of likely N-dealkylation sites (tertiary alicyclic amines) is 1. The Morgan fingerprint density at radius 3 is 2.65 bits per heavy atom. The lowest BCUT2D eigenvalue weighted by molar-refractivity contribution is 0.225. The molecule has 0 bridgehead atoms. The van der Waals surface area contributed by atoms with Gasteiger partial charge in [-0.3, -0.25) is 4.79 Å². The lowest BCUT2D eigenvalue weighted by Gasteiger charge is -2.26. The van der Waals surface area contributed by atoms with Crippen LogP contribution in [0.4, 0.5) is 5.82 Å². The van der Waals surface area contributed by atoms with Crippen molar-refractivity contribution in [3.05, 3.63) is 22.7 Å². The van der Waals surface area contributed by atoms with Crippen molar-refractivity contribution >= 4 is 5.82 Å². The van der Waals surface area contributed by atoms with Crippen molar-refractivity contribution in [2.75, 3.05) is 31.1 Å². The molecule has 2 aliphatic heterocycles. The molecule has 0 saturated carbocycles. The van der Waals surface area contributed by atoms with Gasteiger partial charge in [0.05, 0.1) is 0 Å². The van der Waals surface area contributed by atoms with Crippen molar-refractivity contribution in [3.8, 4) is 0 Å². The van der Waals surface area contributed by atoms with Crippen LogP contribution in [0, 0.1) is 5.92 Å². The summed E-state index contributed by atoms with van der Waals surface area (Å²) in [7, 11) is 0. The molecule has 2 fully saturated rings. The van der Waals surface area contributed by atoms with E-state index in [4.69, 9.17) is 0 Å². The van der Waals surface area contributed by atoms with Crippen LogP contribution in [0.25, 0.3) is 0 Å². The van der Waals surface area contributed by atoms with Crippen LogP contribution >= 0.6 is 0 Å². The molecule has 1 atom stereocenters. The molecule has 3 heterocycles. The molecule has 1 aromatic rings. The highest BCUT2D eigenvalue weighted by molar-refractivity contribution is 5.35. The topological polar surface area (TPSA) is 41.4 Å². The Hall–Kier alpha value is -1.36. The van der Waals surface area contributed by atoms with E-state index in [0.29, 0.717) is 17.8 Å². The fraction of sp³-hybridized carbons (Fsp3) is 0.778. The van der Waals surface area contributed by atoms with E-state index >= 15 is 0 Å². The second-order valence-corrected chi connectivity index (χ2v) is 7.42. The number of anilines is 1. The van der Waals surface area contributed by atoms with Crippen molar-refractivity contribution < 1.29 is 0 Å². The summed E-state index contributed by atoms with van der Waals surface area (Å²) in [5.74, 6) is 1.11. The van der Waals surface area contributed by atoms with Crippen molar-refractivity contribution in [2.45, 2.75) is 58.5 Å². The van der Waals surface area contributed by atoms with Crippen molar-refractivity contribution in [1.29, 1.82) is 0 Å². The van der Waals surface area contributed by atoms with E-state index in [9.17, 15) is 4.79 Å². The molecule has 2 saturated heterocycles. The van der Waals surface area contributed by atoms with Crippen LogP contribution in [0.5, 0.6) is 0 Å². The average Bonchev–Trinajstić information content (AvgIpc) is 2.94. The van der Waals surface area contributed by atoms with Gasteiger partial charge in [-0.15, -0.1) is 0 Å². The third-order valence-electron chi connectivity index (χ3n) is 5.11. The van der Waals surface area contributed by atoms with E-state index in [1.165, 1.54) is 32.4 Å². The smallest absolute Gasteiger partial charge is 0.293 e. The molecular formula is C18H30N4O. The minimum Gasteiger partial charge on any atom is -0.352 e. The lowest BCUT2D eigenvalue weighted by Crippen LogP contribution is -2.36. The lowest BCUT2D eigenvalue weighted by atomic mass is 10.1. The Kier molecular flexibility index (Phi) is 5.36. The molecule has 0 N–H and O–H groups in total. The second kappa shape index (κ2) is 7.47. The van der Waals surface area contributed by atoms with E-state index < -0.39 is 0 Å². The highest BCUT2D eigenvalue weighted by atomic mass is 16.1. The van der Waals surface area contributed by atoms with Crippen molar-refractivity contribution in [2.24, 2.45) is 5.92 Å². The minimum absolute atomic E-state index is 0.0702. The van der Waals surface area contributed by atoms with E-state index in [-0.39, 0.29) is 5.56 Å². The molecular weight excluding hydrogens is 288 g/mol. The molecule has 128 valence electrons. The van der Waals surface area contributed by atoms with Gasteiger partial charge in [-0.2, -0.15) is 0 Å². The van der Waals surface area contributed by atoms with E-state index in [0.717, 1.165) is 32.5 Å². The Morgan fingerprint density at radius 1 is 1.13 bits per heavy atom. The number of nitrogens with zero attached hydrogens (tertiary/aromatic N) is 4.